The highest BCUT2D eigenvalue weighted by atomic mass is 35.5. The van der Waals surface area contributed by atoms with Crippen molar-refractivity contribution in [1.29, 1.82) is 0 Å². The zero-order valence-electron chi connectivity index (χ0n) is 17.6. The first-order valence-corrected chi connectivity index (χ1v) is 10.4. The van der Waals surface area contributed by atoms with Gasteiger partial charge in [0.2, 0.25) is 0 Å². The molecule has 156 valence electrons. The van der Waals surface area contributed by atoms with Crippen LogP contribution in [0.3, 0.4) is 0 Å². The van der Waals surface area contributed by atoms with Crippen molar-refractivity contribution in [2.45, 2.75) is 26.2 Å². The van der Waals surface area contributed by atoms with E-state index in [-0.39, 0.29) is 11.3 Å². The highest BCUT2D eigenvalue weighted by Crippen LogP contribution is 2.30. The second-order valence-electron chi connectivity index (χ2n) is 8.34. The number of halogens is 1. The van der Waals surface area contributed by atoms with Gasteiger partial charge in [0.25, 0.3) is 5.91 Å². The molecule has 0 fully saturated rings. The number of carbonyl (C=O) groups is 1. The van der Waals surface area contributed by atoms with Crippen molar-refractivity contribution in [1.82, 2.24) is 15.0 Å². The Kier molecular flexibility index (Phi) is 5.61. The largest absolute Gasteiger partial charge is 0.338 e. The van der Waals surface area contributed by atoms with Gasteiger partial charge in [-0.2, -0.15) is 0 Å². The van der Waals surface area contributed by atoms with Crippen LogP contribution in [-0.4, -0.2) is 20.9 Å². The zero-order valence-corrected chi connectivity index (χ0v) is 18.4. The summed E-state index contributed by atoms with van der Waals surface area (Å²) in [4.78, 5) is 25.0. The van der Waals surface area contributed by atoms with Crippen LogP contribution in [0.1, 0.15) is 36.8 Å². The number of aromatic amines is 1. The van der Waals surface area contributed by atoms with Crippen LogP contribution in [0.5, 0.6) is 0 Å². The van der Waals surface area contributed by atoms with E-state index in [0.717, 1.165) is 17.0 Å². The van der Waals surface area contributed by atoms with Crippen molar-refractivity contribution in [3.05, 3.63) is 89.3 Å². The molecule has 6 heteroatoms. The van der Waals surface area contributed by atoms with Gasteiger partial charge in [-0.25, -0.2) is 4.98 Å². The molecule has 2 N–H and O–H groups in total. The summed E-state index contributed by atoms with van der Waals surface area (Å²) in [5.41, 5.74) is 4.56. The van der Waals surface area contributed by atoms with Gasteiger partial charge < -0.3 is 10.3 Å². The first kappa shape index (κ1) is 20.8. The van der Waals surface area contributed by atoms with Crippen LogP contribution in [-0.2, 0) is 5.41 Å². The highest BCUT2D eigenvalue weighted by molar-refractivity contribution is 6.33. The molecule has 31 heavy (non-hydrogen) atoms. The molecule has 5 nitrogen and oxygen atoms in total. The number of amides is 1. The van der Waals surface area contributed by atoms with Gasteiger partial charge in [0, 0.05) is 34.1 Å². The third kappa shape index (κ3) is 4.67. The topological polar surface area (TPSA) is 70.7 Å². The Morgan fingerprint density at radius 1 is 1.00 bits per heavy atom. The summed E-state index contributed by atoms with van der Waals surface area (Å²) in [5.74, 6) is 0.435. The lowest BCUT2D eigenvalue weighted by Crippen LogP contribution is -2.17. The van der Waals surface area contributed by atoms with Gasteiger partial charge >= 0.3 is 0 Å². The van der Waals surface area contributed by atoms with Gasteiger partial charge in [-0.05, 0) is 35.9 Å². The first-order valence-electron chi connectivity index (χ1n) is 9.99. The Bertz CT molecular complexity index is 1230. The number of hydrogen-bond donors (Lipinski definition) is 2. The van der Waals surface area contributed by atoms with E-state index in [9.17, 15) is 4.79 Å². The lowest BCUT2D eigenvalue weighted by Gasteiger charge is -2.18. The molecule has 0 saturated carbocycles. The minimum Gasteiger partial charge on any atom is -0.338 e. The molecule has 0 aliphatic carbocycles. The molecule has 1 amide bonds. The monoisotopic (exact) mass is 430 g/mol. The molecule has 2 aromatic heterocycles. The fourth-order valence-electron chi connectivity index (χ4n) is 3.19. The zero-order chi connectivity index (χ0) is 22.0. The molecule has 2 aromatic carbocycles. The number of rotatable bonds is 4. The van der Waals surface area contributed by atoms with E-state index in [1.54, 1.807) is 30.6 Å². The van der Waals surface area contributed by atoms with Crippen molar-refractivity contribution >= 4 is 23.2 Å². The predicted octanol–water partition coefficient (Wildman–Crippen LogP) is 6.34. The van der Waals surface area contributed by atoms with Gasteiger partial charge in [-0.15, -0.1) is 0 Å². The quantitative estimate of drug-likeness (QED) is 0.396. The summed E-state index contributed by atoms with van der Waals surface area (Å²) in [7, 11) is 0. The molecule has 0 spiro atoms. The minimum absolute atomic E-state index is 0.139. The summed E-state index contributed by atoms with van der Waals surface area (Å²) in [5, 5.41) is 3.49. The molecule has 2 heterocycles. The maximum atomic E-state index is 12.8. The lowest BCUT2D eigenvalue weighted by molar-refractivity contribution is 0.102. The third-order valence-corrected chi connectivity index (χ3v) is 5.26. The number of H-pyrrole nitrogens is 1. The van der Waals surface area contributed by atoms with Crippen LogP contribution >= 0.6 is 11.6 Å². The number of pyridine rings is 1. The molecule has 0 aliphatic rings. The summed E-state index contributed by atoms with van der Waals surface area (Å²) in [6.07, 6.45) is 3.44. The molecule has 4 rings (SSSR count). The Balaban J connectivity index is 1.59. The molecule has 0 bridgehead atoms. The summed E-state index contributed by atoms with van der Waals surface area (Å²) < 4.78 is 0. The Hall–Kier alpha value is -3.44. The van der Waals surface area contributed by atoms with Crippen molar-refractivity contribution < 1.29 is 4.79 Å². The lowest BCUT2D eigenvalue weighted by atomic mass is 9.91. The molecule has 4 aromatic rings. The highest BCUT2D eigenvalue weighted by Gasteiger charge is 2.18. The summed E-state index contributed by atoms with van der Waals surface area (Å²) in [6.45, 7) is 6.20. The molecular formula is C25H23ClN4O. The van der Waals surface area contributed by atoms with Gasteiger partial charge in [-0.3, -0.25) is 9.78 Å². The van der Waals surface area contributed by atoms with Gasteiger partial charge in [-0.1, -0.05) is 62.7 Å². The van der Waals surface area contributed by atoms with Crippen LogP contribution in [0.15, 0.2) is 73.1 Å². The molecular weight excluding hydrogens is 408 g/mol. The number of anilines is 1. The molecule has 0 radical (unpaired) electrons. The summed E-state index contributed by atoms with van der Waals surface area (Å²) >= 11 is 6.43. The van der Waals surface area contributed by atoms with Gasteiger partial charge in [0.05, 0.1) is 16.9 Å². The molecule has 0 saturated heterocycles. The van der Waals surface area contributed by atoms with Crippen LogP contribution in [0.4, 0.5) is 5.69 Å². The SMILES string of the molecule is CC(C)(C)c1cc(C(=O)Nc2ccc(Cl)c(-c3ncc(-c4ccccc4)[nH]3)c2)ccn1. The van der Waals surface area contributed by atoms with Crippen molar-refractivity contribution in [2.24, 2.45) is 0 Å². The maximum Gasteiger partial charge on any atom is 0.255 e. The van der Waals surface area contributed by atoms with Crippen molar-refractivity contribution in [2.75, 3.05) is 5.32 Å². The van der Waals surface area contributed by atoms with Crippen molar-refractivity contribution in [3.8, 4) is 22.6 Å². The van der Waals surface area contributed by atoms with Gasteiger partial charge in [0.15, 0.2) is 0 Å². The van der Waals surface area contributed by atoms with E-state index in [2.05, 4.69) is 41.0 Å². The minimum atomic E-state index is -0.203. The smallest absolute Gasteiger partial charge is 0.255 e. The van der Waals surface area contributed by atoms with Crippen LogP contribution in [0, 0.1) is 0 Å². The Morgan fingerprint density at radius 3 is 2.52 bits per heavy atom. The van der Waals surface area contributed by atoms with E-state index in [1.165, 1.54) is 0 Å². The van der Waals surface area contributed by atoms with E-state index in [1.807, 2.05) is 42.5 Å². The molecule has 0 atom stereocenters. The standard InChI is InChI=1S/C25H23ClN4O/c1-25(2,3)22-13-17(11-12-27-22)24(31)29-18-9-10-20(26)19(14-18)23-28-15-21(30-23)16-7-5-4-6-8-16/h4-15H,1-3H3,(H,28,30)(H,29,31). The molecule has 0 unspecified atom stereocenters. The van der Waals surface area contributed by atoms with E-state index < -0.39 is 0 Å². The second-order valence-corrected chi connectivity index (χ2v) is 8.75. The average molecular weight is 431 g/mol. The summed E-state index contributed by atoms with van der Waals surface area (Å²) in [6, 6.07) is 18.8. The average Bonchev–Trinajstić information content (AvgIpc) is 3.25. The van der Waals surface area contributed by atoms with E-state index in [4.69, 9.17) is 11.6 Å². The van der Waals surface area contributed by atoms with Crippen molar-refractivity contribution in [3.63, 3.8) is 0 Å². The van der Waals surface area contributed by atoms with Crippen LogP contribution in [0.2, 0.25) is 5.02 Å². The third-order valence-electron chi connectivity index (χ3n) is 4.93. The molecule has 0 aliphatic heterocycles. The van der Waals surface area contributed by atoms with E-state index >= 15 is 0 Å². The first-order chi connectivity index (χ1) is 14.8. The fraction of sp³-hybridized carbons (Fsp3) is 0.160. The van der Waals surface area contributed by atoms with Gasteiger partial charge in [0.1, 0.15) is 5.82 Å². The van der Waals surface area contributed by atoms with E-state index in [0.29, 0.717) is 27.7 Å². The normalized spacial score (nSPS) is 11.4. The maximum absolute atomic E-state index is 12.8. The van der Waals surface area contributed by atoms with Crippen LogP contribution in [0.25, 0.3) is 22.6 Å². The Labute approximate surface area is 186 Å². The number of carbonyl (C=O) groups excluding carboxylic acids is 1. The number of benzene rings is 2. The fourth-order valence-corrected chi connectivity index (χ4v) is 3.40. The number of imidazole rings is 1. The second kappa shape index (κ2) is 8.36. The number of hydrogen-bond acceptors (Lipinski definition) is 3. The number of nitrogens with one attached hydrogen (secondary N) is 2. The Morgan fingerprint density at radius 2 is 1.77 bits per heavy atom. The number of nitrogens with zero attached hydrogens (tertiary/aromatic N) is 2. The predicted molar refractivity (Wildman–Crippen MR) is 125 cm³/mol. The number of aromatic nitrogens is 3. The van der Waals surface area contributed by atoms with Crippen LogP contribution < -0.4 is 5.32 Å².